The maximum absolute atomic E-state index is 10.6. The minimum atomic E-state index is -2.05. The first-order valence-electron chi connectivity index (χ1n) is 5.45. The molecule has 0 aliphatic heterocycles. The molecule has 4 nitrogen and oxygen atoms in total. The predicted octanol–water partition coefficient (Wildman–Crippen LogP) is 1.52. The lowest BCUT2D eigenvalue weighted by Gasteiger charge is -2.15. The van der Waals surface area contributed by atoms with Gasteiger partial charge in [0.25, 0.3) is 0 Å². The summed E-state index contributed by atoms with van der Waals surface area (Å²) in [5.41, 5.74) is 1.80. The van der Waals surface area contributed by atoms with Crippen molar-refractivity contribution in [2.75, 3.05) is 6.61 Å². The lowest BCUT2D eigenvalue weighted by Crippen LogP contribution is -2.14. The van der Waals surface area contributed by atoms with E-state index in [2.05, 4.69) is 0 Å². The first-order valence-corrected chi connectivity index (χ1v) is 6.59. The molecule has 96 valence electrons. The Morgan fingerprint density at radius 3 is 2.76 bits per heavy atom. The highest BCUT2D eigenvalue weighted by Crippen LogP contribution is 2.17. The molecular weight excluding hydrogens is 240 g/mol. The van der Waals surface area contributed by atoms with E-state index in [9.17, 15) is 8.76 Å². The average Bonchev–Trinajstić information content (AvgIpc) is 2.27. The van der Waals surface area contributed by atoms with E-state index in [1.807, 2.05) is 19.1 Å². The van der Waals surface area contributed by atoms with Crippen LogP contribution in [0.4, 0.5) is 0 Å². The number of aryl methyl sites for hydroxylation is 1. The van der Waals surface area contributed by atoms with Gasteiger partial charge in [0.05, 0.1) is 13.2 Å². The number of rotatable bonds is 6. The predicted molar refractivity (Wildman–Crippen MR) is 65.6 cm³/mol. The van der Waals surface area contributed by atoms with Crippen molar-refractivity contribution < 1.29 is 18.6 Å². The molecule has 1 aromatic carbocycles. The molecule has 2 atom stereocenters. The molecule has 17 heavy (non-hydrogen) atoms. The first kappa shape index (κ1) is 14.2. The maximum Gasteiger partial charge on any atom is 0.119 e. The molecule has 2 unspecified atom stereocenters. The summed E-state index contributed by atoms with van der Waals surface area (Å²) in [4.78, 5) is 0. The lowest BCUT2D eigenvalue weighted by atomic mass is 10.1. The number of hydrogen-bond donors (Lipinski definition) is 1. The van der Waals surface area contributed by atoms with Gasteiger partial charge in [-0.3, -0.25) is 4.21 Å². The number of ether oxygens (including phenoxy) is 1. The minimum absolute atomic E-state index is 0.0288. The van der Waals surface area contributed by atoms with Crippen LogP contribution in [0.1, 0.15) is 24.5 Å². The zero-order valence-corrected chi connectivity index (χ0v) is 10.8. The second-order valence-electron chi connectivity index (χ2n) is 4.02. The second kappa shape index (κ2) is 6.74. The summed E-state index contributed by atoms with van der Waals surface area (Å²) in [5, 5.41) is 8.63. The van der Waals surface area contributed by atoms with Crippen LogP contribution in [-0.2, 0) is 17.7 Å². The third-order valence-corrected chi connectivity index (χ3v) is 3.31. The van der Waals surface area contributed by atoms with Crippen molar-refractivity contribution >= 4 is 11.1 Å². The Hall–Kier alpha value is -0.910. The van der Waals surface area contributed by atoms with Crippen LogP contribution < -0.4 is 4.74 Å². The van der Waals surface area contributed by atoms with E-state index in [1.54, 1.807) is 13.0 Å². The average molecular weight is 257 g/mol. The molecule has 0 heterocycles. The van der Waals surface area contributed by atoms with Gasteiger partial charge < -0.3 is 14.4 Å². The number of hydrogen-bond acceptors (Lipinski definition) is 4. The highest BCUT2D eigenvalue weighted by Gasteiger charge is 2.03. The molecular formula is C12H17O4S-. The van der Waals surface area contributed by atoms with Gasteiger partial charge in [-0.2, -0.15) is 0 Å². The summed E-state index contributed by atoms with van der Waals surface area (Å²) in [5.74, 6) is 0.665. The molecule has 1 N–H and O–H groups in total. The van der Waals surface area contributed by atoms with Gasteiger partial charge in [0.2, 0.25) is 0 Å². The zero-order valence-electron chi connectivity index (χ0n) is 10.0. The molecule has 0 aromatic heterocycles. The van der Waals surface area contributed by atoms with Gasteiger partial charge in [-0.25, -0.2) is 0 Å². The molecule has 0 aliphatic carbocycles. The van der Waals surface area contributed by atoms with Crippen molar-refractivity contribution in [3.63, 3.8) is 0 Å². The van der Waals surface area contributed by atoms with Gasteiger partial charge in [0.15, 0.2) is 0 Å². The van der Waals surface area contributed by atoms with Crippen molar-refractivity contribution in [1.29, 1.82) is 0 Å². The zero-order chi connectivity index (χ0) is 12.8. The first-order chi connectivity index (χ1) is 8.02. The summed E-state index contributed by atoms with van der Waals surface area (Å²) in [6.45, 7) is 3.88. The fraction of sp³-hybridized carbons (Fsp3) is 0.500. The monoisotopic (exact) mass is 257 g/mol. The summed E-state index contributed by atoms with van der Waals surface area (Å²) >= 11 is -2.05. The van der Waals surface area contributed by atoms with Crippen LogP contribution in [0.25, 0.3) is 0 Å². The molecule has 5 heteroatoms. The van der Waals surface area contributed by atoms with E-state index in [1.165, 1.54) is 0 Å². The summed E-state index contributed by atoms with van der Waals surface area (Å²) in [6.07, 6.45) is 0.457. The van der Waals surface area contributed by atoms with Crippen molar-refractivity contribution in [3.05, 3.63) is 29.3 Å². The largest absolute Gasteiger partial charge is 0.772 e. The van der Waals surface area contributed by atoms with E-state index in [-0.39, 0.29) is 6.61 Å². The Labute approximate surface area is 104 Å². The Morgan fingerprint density at radius 2 is 2.18 bits per heavy atom. The number of aliphatic hydroxyl groups is 1. The second-order valence-corrected chi connectivity index (χ2v) is 5.35. The van der Waals surface area contributed by atoms with Gasteiger partial charge in [0.1, 0.15) is 5.75 Å². The molecule has 0 aliphatic rings. The van der Waals surface area contributed by atoms with E-state index in [4.69, 9.17) is 9.84 Å². The Bertz CT molecular complexity index is 392. The third-order valence-electron chi connectivity index (χ3n) is 2.41. The van der Waals surface area contributed by atoms with E-state index in [0.717, 1.165) is 11.1 Å². The van der Waals surface area contributed by atoms with Gasteiger partial charge >= 0.3 is 0 Å². The van der Waals surface area contributed by atoms with Crippen molar-refractivity contribution in [3.8, 4) is 5.75 Å². The SMILES string of the molecule is Cc1cc(CO)cc(OCCC(C)S(=O)[O-])c1. The van der Waals surface area contributed by atoms with Crippen LogP contribution >= 0.6 is 0 Å². The minimum Gasteiger partial charge on any atom is -0.772 e. The molecule has 0 saturated carbocycles. The lowest BCUT2D eigenvalue weighted by molar-refractivity contribution is 0.278. The molecule has 0 radical (unpaired) electrons. The standard InChI is InChI=1S/C12H18O4S/c1-9-5-11(8-13)7-12(6-9)16-4-3-10(2)17(14)15/h5-7,10,13H,3-4,8H2,1-2H3,(H,14,15)/p-1. The highest BCUT2D eigenvalue weighted by molar-refractivity contribution is 7.79. The molecule has 0 fully saturated rings. The van der Waals surface area contributed by atoms with Crippen LogP contribution in [0.3, 0.4) is 0 Å². The molecule has 0 spiro atoms. The van der Waals surface area contributed by atoms with Crippen molar-refractivity contribution in [2.24, 2.45) is 0 Å². The molecule has 0 bridgehead atoms. The Kier molecular flexibility index (Phi) is 5.61. The smallest absolute Gasteiger partial charge is 0.119 e. The maximum atomic E-state index is 10.6. The Morgan fingerprint density at radius 1 is 1.47 bits per heavy atom. The van der Waals surface area contributed by atoms with Gasteiger partial charge in [-0.05, 0) is 36.6 Å². The van der Waals surface area contributed by atoms with Crippen LogP contribution in [0, 0.1) is 6.92 Å². The van der Waals surface area contributed by atoms with Crippen LogP contribution in [-0.4, -0.2) is 25.7 Å². The van der Waals surface area contributed by atoms with Crippen molar-refractivity contribution in [2.45, 2.75) is 32.1 Å². The number of aliphatic hydroxyl groups excluding tert-OH is 1. The molecule has 0 amide bonds. The quantitative estimate of drug-likeness (QED) is 0.784. The van der Waals surface area contributed by atoms with E-state index >= 15 is 0 Å². The Balaban J connectivity index is 2.51. The highest BCUT2D eigenvalue weighted by atomic mass is 32.2. The van der Waals surface area contributed by atoms with Crippen molar-refractivity contribution in [1.82, 2.24) is 0 Å². The molecule has 1 aromatic rings. The van der Waals surface area contributed by atoms with Crippen LogP contribution in [0.2, 0.25) is 0 Å². The van der Waals surface area contributed by atoms with E-state index in [0.29, 0.717) is 18.8 Å². The fourth-order valence-electron chi connectivity index (χ4n) is 1.44. The fourth-order valence-corrected chi connectivity index (χ4v) is 1.73. The molecule has 0 saturated heterocycles. The summed E-state index contributed by atoms with van der Waals surface area (Å²) in [7, 11) is 0. The normalized spacial score (nSPS) is 14.4. The van der Waals surface area contributed by atoms with Gasteiger partial charge in [-0.15, -0.1) is 0 Å². The summed E-state index contributed by atoms with van der Waals surface area (Å²) < 4.78 is 26.7. The summed E-state index contributed by atoms with van der Waals surface area (Å²) in [6, 6.07) is 5.49. The van der Waals surface area contributed by atoms with Gasteiger partial charge in [0, 0.05) is 5.25 Å². The van der Waals surface area contributed by atoms with Gasteiger partial charge in [-0.1, -0.05) is 24.1 Å². The number of benzene rings is 1. The van der Waals surface area contributed by atoms with Crippen LogP contribution in [0.5, 0.6) is 5.75 Å². The van der Waals surface area contributed by atoms with E-state index < -0.39 is 16.3 Å². The molecule has 1 rings (SSSR count). The van der Waals surface area contributed by atoms with Crippen LogP contribution in [0.15, 0.2) is 18.2 Å². The third kappa shape index (κ3) is 4.85. The topological polar surface area (TPSA) is 69.6 Å².